The molecule has 1 atom stereocenters. The molecule has 100 valence electrons. The maximum atomic E-state index is 12.4. The third-order valence-corrected chi connectivity index (χ3v) is 5.45. The molecule has 0 aromatic heterocycles. The predicted molar refractivity (Wildman–Crippen MR) is 70.0 cm³/mol. The van der Waals surface area contributed by atoms with E-state index in [9.17, 15) is 13.5 Å². The van der Waals surface area contributed by atoms with Gasteiger partial charge in [0.25, 0.3) is 0 Å². The Hall–Kier alpha value is -0.620. The van der Waals surface area contributed by atoms with Gasteiger partial charge in [-0.3, -0.25) is 0 Å². The molecule has 1 heterocycles. The SMILES string of the molecule is O=S(=O)(c1cccc(CCl)c1)N1CCC[C@@H]1CO. The molecule has 0 unspecified atom stereocenters. The summed E-state index contributed by atoms with van der Waals surface area (Å²) in [5, 5.41) is 9.22. The number of sulfonamides is 1. The number of halogens is 1. The van der Waals surface area contributed by atoms with Crippen molar-refractivity contribution in [3.63, 3.8) is 0 Å². The summed E-state index contributed by atoms with van der Waals surface area (Å²) in [5.74, 6) is 0.285. The van der Waals surface area contributed by atoms with Crippen LogP contribution < -0.4 is 0 Å². The van der Waals surface area contributed by atoms with E-state index >= 15 is 0 Å². The summed E-state index contributed by atoms with van der Waals surface area (Å²) in [6.07, 6.45) is 1.50. The minimum Gasteiger partial charge on any atom is -0.395 e. The summed E-state index contributed by atoms with van der Waals surface area (Å²) in [4.78, 5) is 0.251. The zero-order valence-corrected chi connectivity index (χ0v) is 11.5. The van der Waals surface area contributed by atoms with Gasteiger partial charge in [0.05, 0.1) is 11.5 Å². The van der Waals surface area contributed by atoms with Gasteiger partial charge in [0.2, 0.25) is 10.0 Å². The Balaban J connectivity index is 2.35. The van der Waals surface area contributed by atoms with Gasteiger partial charge in [-0.2, -0.15) is 4.31 Å². The van der Waals surface area contributed by atoms with Crippen LogP contribution in [0.2, 0.25) is 0 Å². The van der Waals surface area contributed by atoms with Gasteiger partial charge >= 0.3 is 0 Å². The summed E-state index contributed by atoms with van der Waals surface area (Å²) in [5.41, 5.74) is 0.775. The highest BCUT2D eigenvalue weighted by molar-refractivity contribution is 7.89. The van der Waals surface area contributed by atoms with Crippen molar-refractivity contribution < 1.29 is 13.5 Å². The van der Waals surface area contributed by atoms with Gasteiger partial charge in [0, 0.05) is 18.5 Å². The molecule has 18 heavy (non-hydrogen) atoms. The molecule has 1 fully saturated rings. The molecule has 1 N–H and O–H groups in total. The highest BCUT2D eigenvalue weighted by atomic mass is 35.5. The normalized spacial score (nSPS) is 21.3. The molecule has 0 amide bonds. The highest BCUT2D eigenvalue weighted by Gasteiger charge is 2.34. The van der Waals surface area contributed by atoms with Gasteiger partial charge in [0.15, 0.2) is 0 Å². The number of aliphatic hydroxyl groups excluding tert-OH is 1. The van der Waals surface area contributed by atoms with Gasteiger partial charge in [-0.1, -0.05) is 12.1 Å². The van der Waals surface area contributed by atoms with E-state index in [2.05, 4.69) is 0 Å². The Morgan fingerprint density at radius 1 is 1.44 bits per heavy atom. The van der Waals surface area contributed by atoms with Gasteiger partial charge in [0.1, 0.15) is 0 Å². The smallest absolute Gasteiger partial charge is 0.243 e. The Kier molecular flexibility index (Phi) is 4.27. The van der Waals surface area contributed by atoms with Crippen molar-refractivity contribution in [2.24, 2.45) is 0 Å². The Morgan fingerprint density at radius 2 is 2.22 bits per heavy atom. The van der Waals surface area contributed by atoms with Crippen LogP contribution in [0.15, 0.2) is 29.2 Å². The van der Waals surface area contributed by atoms with Crippen molar-refractivity contribution in [2.45, 2.75) is 29.7 Å². The van der Waals surface area contributed by atoms with E-state index in [0.29, 0.717) is 13.0 Å². The first kappa shape index (κ1) is 13.8. The maximum absolute atomic E-state index is 12.4. The number of hydrogen-bond acceptors (Lipinski definition) is 3. The molecule has 1 aliphatic heterocycles. The van der Waals surface area contributed by atoms with Crippen molar-refractivity contribution in [1.82, 2.24) is 4.31 Å². The zero-order chi connectivity index (χ0) is 13.2. The van der Waals surface area contributed by atoms with Gasteiger partial charge in [-0.05, 0) is 30.5 Å². The Bertz CT molecular complexity index is 518. The topological polar surface area (TPSA) is 57.6 Å². The van der Waals surface area contributed by atoms with E-state index in [0.717, 1.165) is 12.0 Å². The fourth-order valence-corrected chi connectivity index (χ4v) is 4.15. The van der Waals surface area contributed by atoms with Crippen LogP contribution in [0.4, 0.5) is 0 Å². The van der Waals surface area contributed by atoms with E-state index in [1.165, 1.54) is 4.31 Å². The number of nitrogens with zero attached hydrogens (tertiary/aromatic N) is 1. The van der Waals surface area contributed by atoms with E-state index in [-0.39, 0.29) is 23.4 Å². The lowest BCUT2D eigenvalue weighted by atomic mass is 10.2. The van der Waals surface area contributed by atoms with Crippen LogP contribution in [0.1, 0.15) is 18.4 Å². The van der Waals surface area contributed by atoms with Crippen LogP contribution in [0.25, 0.3) is 0 Å². The average Bonchev–Trinajstić information content (AvgIpc) is 2.88. The minimum atomic E-state index is -3.52. The Labute approximate surface area is 112 Å². The zero-order valence-electron chi connectivity index (χ0n) is 9.92. The molecule has 0 spiro atoms. The van der Waals surface area contributed by atoms with E-state index in [1.54, 1.807) is 24.3 Å². The number of benzene rings is 1. The molecular weight excluding hydrogens is 274 g/mol. The first-order chi connectivity index (χ1) is 8.59. The summed E-state index contributed by atoms with van der Waals surface area (Å²) < 4.78 is 26.3. The summed E-state index contributed by atoms with van der Waals surface area (Å²) in [6, 6.07) is 6.34. The van der Waals surface area contributed by atoms with Crippen molar-refractivity contribution in [3.8, 4) is 0 Å². The van der Waals surface area contributed by atoms with Crippen molar-refractivity contribution >= 4 is 21.6 Å². The highest BCUT2D eigenvalue weighted by Crippen LogP contribution is 2.26. The lowest BCUT2D eigenvalue weighted by molar-refractivity contribution is 0.213. The molecule has 0 aliphatic carbocycles. The molecule has 0 saturated carbocycles. The van der Waals surface area contributed by atoms with Crippen molar-refractivity contribution in [3.05, 3.63) is 29.8 Å². The summed E-state index contributed by atoms with van der Waals surface area (Å²) in [7, 11) is -3.52. The van der Waals surface area contributed by atoms with E-state index in [1.807, 2.05) is 0 Å². The second-order valence-corrected chi connectivity index (χ2v) is 6.53. The molecular formula is C12H16ClNO3S. The summed E-state index contributed by atoms with van der Waals surface area (Å²) >= 11 is 5.72. The predicted octanol–water partition coefficient (Wildman–Crippen LogP) is 1.57. The molecule has 0 radical (unpaired) electrons. The third-order valence-electron chi connectivity index (χ3n) is 3.19. The standard InChI is InChI=1S/C12H16ClNO3S/c13-8-10-3-1-5-12(7-10)18(16,17)14-6-2-4-11(14)9-15/h1,3,5,7,11,15H,2,4,6,8-9H2/t11-/m1/s1. The van der Waals surface area contributed by atoms with Crippen LogP contribution in [0.5, 0.6) is 0 Å². The van der Waals surface area contributed by atoms with Gasteiger partial charge in [-0.15, -0.1) is 11.6 Å². The molecule has 2 rings (SSSR count). The van der Waals surface area contributed by atoms with E-state index < -0.39 is 10.0 Å². The minimum absolute atomic E-state index is 0.131. The monoisotopic (exact) mass is 289 g/mol. The largest absolute Gasteiger partial charge is 0.395 e. The molecule has 0 bridgehead atoms. The van der Waals surface area contributed by atoms with Crippen LogP contribution in [-0.2, 0) is 15.9 Å². The fourth-order valence-electron chi connectivity index (χ4n) is 2.23. The molecule has 6 heteroatoms. The number of rotatable bonds is 4. The second kappa shape index (κ2) is 5.57. The molecule has 1 saturated heterocycles. The van der Waals surface area contributed by atoms with Gasteiger partial charge < -0.3 is 5.11 Å². The quantitative estimate of drug-likeness (QED) is 0.856. The molecule has 1 aromatic carbocycles. The van der Waals surface area contributed by atoms with Crippen molar-refractivity contribution in [1.29, 1.82) is 0 Å². The fraction of sp³-hybridized carbons (Fsp3) is 0.500. The van der Waals surface area contributed by atoms with Crippen LogP contribution in [0.3, 0.4) is 0 Å². The van der Waals surface area contributed by atoms with Crippen LogP contribution >= 0.6 is 11.6 Å². The summed E-state index contributed by atoms with van der Waals surface area (Å²) in [6.45, 7) is 0.340. The number of hydrogen-bond donors (Lipinski definition) is 1. The lowest BCUT2D eigenvalue weighted by Crippen LogP contribution is -2.37. The van der Waals surface area contributed by atoms with E-state index in [4.69, 9.17) is 11.6 Å². The molecule has 4 nitrogen and oxygen atoms in total. The lowest BCUT2D eigenvalue weighted by Gasteiger charge is -2.22. The number of aliphatic hydroxyl groups is 1. The second-order valence-electron chi connectivity index (χ2n) is 4.38. The average molecular weight is 290 g/mol. The maximum Gasteiger partial charge on any atom is 0.243 e. The number of alkyl halides is 1. The first-order valence-electron chi connectivity index (χ1n) is 5.87. The Morgan fingerprint density at radius 3 is 2.89 bits per heavy atom. The van der Waals surface area contributed by atoms with Gasteiger partial charge in [-0.25, -0.2) is 8.42 Å². The first-order valence-corrected chi connectivity index (χ1v) is 7.84. The van der Waals surface area contributed by atoms with Crippen LogP contribution in [0, 0.1) is 0 Å². The van der Waals surface area contributed by atoms with Crippen molar-refractivity contribution in [2.75, 3.05) is 13.2 Å². The van der Waals surface area contributed by atoms with Crippen LogP contribution in [-0.4, -0.2) is 37.0 Å². The molecule has 1 aromatic rings. The third kappa shape index (κ3) is 2.54. The molecule has 1 aliphatic rings.